The number of halogens is 1. The summed E-state index contributed by atoms with van der Waals surface area (Å²) in [6, 6.07) is 0.477. The molecule has 0 aliphatic heterocycles. The van der Waals surface area contributed by atoms with Crippen LogP contribution in [0.15, 0.2) is 0 Å². The molecule has 0 heterocycles. The fourth-order valence-corrected chi connectivity index (χ4v) is 1.54. The van der Waals surface area contributed by atoms with Crippen molar-refractivity contribution in [1.82, 2.24) is 4.90 Å². The Morgan fingerprint density at radius 3 is 2.31 bits per heavy atom. The number of hydrogen-bond donors (Lipinski definition) is 0. The van der Waals surface area contributed by atoms with E-state index >= 15 is 0 Å². The first kappa shape index (κ1) is 10.8. The van der Waals surface area contributed by atoms with Crippen molar-refractivity contribution < 1.29 is 4.79 Å². The molecule has 1 aliphatic rings. The molecule has 76 valence electrons. The fraction of sp³-hybridized carbons (Fsp3) is 0.900. The van der Waals surface area contributed by atoms with Crippen LogP contribution in [0.5, 0.6) is 0 Å². The third-order valence-corrected chi connectivity index (χ3v) is 2.38. The number of hydrogen-bond acceptors (Lipinski definition) is 1. The van der Waals surface area contributed by atoms with Gasteiger partial charge in [0.15, 0.2) is 0 Å². The van der Waals surface area contributed by atoms with Crippen LogP contribution in [0.1, 0.15) is 33.6 Å². The van der Waals surface area contributed by atoms with Crippen molar-refractivity contribution >= 4 is 17.5 Å². The average molecular weight is 204 g/mol. The molecule has 0 saturated heterocycles. The molecule has 1 aliphatic carbocycles. The molecule has 0 aromatic heterocycles. The number of nitrogens with zero attached hydrogens (tertiary/aromatic N) is 1. The van der Waals surface area contributed by atoms with E-state index in [0.717, 1.165) is 12.8 Å². The van der Waals surface area contributed by atoms with Crippen LogP contribution in [0.25, 0.3) is 0 Å². The van der Waals surface area contributed by atoms with E-state index in [1.165, 1.54) is 0 Å². The lowest BCUT2D eigenvalue weighted by Gasteiger charge is -2.28. The lowest BCUT2D eigenvalue weighted by atomic mass is 9.94. The van der Waals surface area contributed by atoms with Gasteiger partial charge in [-0.25, -0.2) is 0 Å². The predicted molar refractivity (Wildman–Crippen MR) is 54.9 cm³/mol. The predicted octanol–water partition coefficient (Wildman–Crippen LogP) is 2.26. The minimum atomic E-state index is -0.269. The van der Waals surface area contributed by atoms with Gasteiger partial charge in [0.25, 0.3) is 0 Å². The third-order valence-electron chi connectivity index (χ3n) is 2.22. The first-order valence-corrected chi connectivity index (χ1v) is 5.37. The van der Waals surface area contributed by atoms with E-state index in [9.17, 15) is 4.79 Å². The second-order valence-electron chi connectivity index (χ2n) is 4.67. The van der Waals surface area contributed by atoms with Gasteiger partial charge < -0.3 is 4.90 Å². The van der Waals surface area contributed by atoms with Crippen LogP contribution in [0.2, 0.25) is 0 Å². The number of carbonyl (C=O) groups is 1. The van der Waals surface area contributed by atoms with Crippen LogP contribution >= 0.6 is 11.6 Å². The lowest BCUT2D eigenvalue weighted by Crippen LogP contribution is -2.42. The minimum absolute atomic E-state index is 0.232. The summed E-state index contributed by atoms with van der Waals surface area (Å²) in [5.74, 6) is 0.772. The standard InChI is InChI=1S/C10H18ClNO/c1-10(2,3)9(13)12(7-6-11)8-4-5-8/h8H,4-7H2,1-3H3. The number of amides is 1. The molecule has 0 atom stereocenters. The summed E-state index contributed by atoms with van der Waals surface area (Å²) in [7, 11) is 0. The highest BCUT2D eigenvalue weighted by molar-refractivity contribution is 6.18. The summed E-state index contributed by atoms with van der Waals surface area (Å²) in [6.07, 6.45) is 2.30. The zero-order valence-electron chi connectivity index (χ0n) is 8.64. The smallest absolute Gasteiger partial charge is 0.228 e. The van der Waals surface area contributed by atoms with E-state index in [-0.39, 0.29) is 11.3 Å². The van der Waals surface area contributed by atoms with Gasteiger partial charge in [0.05, 0.1) is 0 Å². The van der Waals surface area contributed by atoms with Crippen LogP contribution in [0, 0.1) is 5.41 Å². The van der Waals surface area contributed by atoms with Crippen LogP contribution in [0.4, 0.5) is 0 Å². The Hall–Kier alpha value is -0.240. The van der Waals surface area contributed by atoms with Crippen LogP contribution in [0.3, 0.4) is 0 Å². The topological polar surface area (TPSA) is 20.3 Å². The summed E-state index contributed by atoms with van der Waals surface area (Å²) in [5, 5.41) is 0. The molecule has 1 amide bonds. The average Bonchev–Trinajstić information content (AvgIpc) is 2.79. The molecule has 1 saturated carbocycles. The van der Waals surface area contributed by atoms with Gasteiger partial charge in [0.1, 0.15) is 0 Å². The Balaban J connectivity index is 2.58. The molecule has 1 rings (SSSR count). The van der Waals surface area contributed by atoms with Gasteiger partial charge in [-0.3, -0.25) is 4.79 Å². The Labute approximate surface area is 85.2 Å². The lowest BCUT2D eigenvalue weighted by molar-refractivity contribution is -0.139. The van der Waals surface area contributed by atoms with Crippen LogP contribution < -0.4 is 0 Å². The summed E-state index contributed by atoms with van der Waals surface area (Å²) in [4.78, 5) is 13.8. The van der Waals surface area contributed by atoms with Crippen molar-refractivity contribution in [1.29, 1.82) is 0 Å². The SMILES string of the molecule is CC(C)(C)C(=O)N(CCCl)C1CC1. The van der Waals surface area contributed by atoms with Crippen LogP contribution in [-0.4, -0.2) is 29.3 Å². The molecule has 1 fully saturated rings. The highest BCUT2D eigenvalue weighted by atomic mass is 35.5. The normalized spacial score (nSPS) is 17.2. The monoisotopic (exact) mass is 203 g/mol. The minimum Gasteiger partial charge on any atom is -0.338 e. The molecule has 0 aromatic rings. The Morgan fingerprint density at radius 1 is 1.46 bits per heavy atom. The first-order chi connectivity index (χ1) is 5.96. The van der Waals surface area contributed by atoms with Gasteiger partial charge >= 0.3 is 0 Å². The third kappa shape index (κ3) is 2.87. The zero-order chi connectivity index (χ0) is 10.1. The van der Waals surface area contributed by atoms with E-state index < -0.39 is 0 Å². The first-order valence-electron chi connectivity index (χ1n) is 4.84. The van der Waals surface area contributed by atoms with E-state index in [0.29, 0.717) is 18.5 Å². The molecule has 0 bridgehead atoms. The van der Waals surface area contributed by atoms with Gasteiger partial charge in [0, 0.05) is 23.9 Å². The highest BCUT2D eigenvalue weighted by Crippen LogP contribution is 2.30. The summed E-state index contributed by atoms with van der Waals surface area (Å²) in [5.41, 5.74) is -0.269. The molecule has 2 nitrogen and oxygen atoms in total. The van der Waals surface area contributed by atoms with Gasteiger partial charge in [-0.15, -0.1) is 11.6 Å². The van der Waals surface area contributed by atoms with E-state index in [1.807, 2.05) is 25.7 Å². The molecular formula is C10H18ClNO. The van der Waals surface area contributed by atoms with E-state index in [2.05, 4.69) is 0 Å². The Kier molecular flexibility index (Phi) is 3.23. The summed E-state index contributed by atoms with van der Waals surface area (Å²) < 4.78 is 0. The van der Waals surface area contributed by atoms with E-state index in [1.54, 1.807) is 0 Å². The second kappa shape index (κ2) is 3.87. The summed E-state index contributed by atoms with van der Waals surface area (Å²) in [6.45, 7) is 6.57. The molecule has 3 heteroatoms. The maximum absolute atomic E-state index is 11.9. The highest BCUT2D eigenvalue weighted by Gasteiger charge is 2.36. The molecule has 0 unspecified atom stereocenters. The quantitative estimate of drug-likeness (QED) is 0.645. The molecule has 0 aromatic carbocycles. The van der Waals surface area contributed by atoms with Crippen molar-refractivity contribution in [2.45, 2.75) is 39.7 Å². The Morgan fingerprint density at radius 2 is 2.00 bits per heavy atom. The van der Waals surface area contributed by atoms with Crippen LogP contribution in [-0.2, 0) is 4.79 Å². The zero-order valence-corrected chi connectivity index (χ0v) is 9.40. The largest absolute Gasteiger partial charge is 0.338 e. The van der Waals surface area contributed by atoms with Gasteiger partial charge in [-0.1, -0.05) is 20.8 Å². The second-order valence-corrected chi connectivity index (χ2v) is 5.05. The fourth-order valence-electron chi connectivity index (χ4n) is 1.36. The van der Waals surface area contributed by atoms with Gasteiger partial charge in [-0.2, -0.15) is 0 Å². The van der Waals surface area contributed by atoms with Crippen molar-refractivity contribution in [3.63, 3.8) is 0 Å². The van der Waals surface area contributed by atoms with Crippen molar-refractivity contribution in [2.75, 3.05) is 12.4 Å². The van der Waals surface area contributed by atoms with E-state index in [4.69, 9.17) is 11.6 Å². The molecular weight excluding hydrogens is 186 g/mol. The number of alkyl halides is 1. The Bertz CT molecular complexity index is 194. The van der Waals surface area contributed by atoms with Crippen molar-refractivity contribution in [2.24, 2.45) is 5.41 Å². The maximum Gasteiger partial charge on any atom is 0.228 e. The number of carbonyl (C=O) groups excluding carboxylic acids is 1. The van der Waals surface area contributed by atoms with Crippen molar-refractivity contribution in [3.05, 3.63) is 0 Å². The molecule has 0 spiro atoms. The number of rotatable bonds is 3. The summed E-state index contributed by atoms with van der Waals surface area (Å²) >= 11 is 5.67. The van der Waals surface area contributed by atoms with Crippen molar-refractivity contribution in [3.8, 4) is 0 Å². The maximum atomic E-state index is 11.9. The molecule has 0 N–H and O–H groups in total. The van der Waals surface area contributed by atoms with Gasteiger partial charge in [0.2, 0.25) is 5.91 Å². The van der Waals surface area contributed by atoms with Gasteiger partial charge in [-0.05, 0) is 12.8 Å². The molecule has 13 heavy (non-hydrogen) atoms. The molecule has 0 radical (unpaired) electrons.